The summed E-state index contributed by atoms with van der Waals surface area (Å²) in [4.78, 5) is 12.0. The van der Waals surface area contributed by atoms with E-state index in [1.165, 1.54) is 30.7 Å². The van der Waals surface area contributed by atoms with Gasteiger partial charge in [-0.3, -0.25) is 4.79 Å². The Morgan fingerprint density at radius 2 is 2.10 bits per heavy atom. The van der Waals surface area contributed by atoms with Gasteiger partial charge in [-0.25, -0.2) is 17.9 Å². The van der Waals surface area contributed by atoms with Crippen LogP contribution in [0.15, 0.2) is 33.9 Å². The number of anilines is 1. The van der Waals surface area contributed by atoms with Crippen LogP contribution >= 0.6 is 11.3 Å². The number of ether oxygens (including phenoxy) is 1. The van der Waals surface area contributed by atoms with Gasteiger partial charge >= 0.3 is 0 Å². The number of benzene rings is 1. The van der Waals surface area contributed by atoms with Crippen molar-refractivity contribution in [2.45, 2.75) is 4.21 Å². The van der Waals surface area contributed by atoms with E-state index in [0.717, 1.165) is 17.4 Å². The smallest absolute Gasteiger partial charge is 0.256 e. The summed E-state index contributed by atoms with van der Waals surface area (Å²) in [7, 11) is -2.50. The van der Waals surface area contributed by atoms with Crippen LogP contribution < -0.4 is 15.2 Å². The van der Waals surface area contributed by atoms with Gasteiger partial charge in [0.15, 0.2) is 0 Å². The van der Waals surface area contributed by atoms with Crippen molar-refractivity contribution < 1.29 is 22.3 Å². The highest BCUT2D eigenvalue weighted by Gasteiger charge is 2.16. The van der Waals surface area contributed by atoms with Crippen molar-refractivity contribution in [3.63, 3.8) is 0 Å². The maximum atomic E-state index is 13.1. The number of amides is 1. The molecule has 0 aliphatic heterocycles. The topological polar surface area (TPSA) is 98.5 Å². The number of methoxy groups -OCH3 is 1. The predicted octanol–water partition coefficient (Wildman–Crippen LogP) is 1.80. The number of carbonyl (C=O) groups excluding carboxylic acids is 1. The van der Waals surface area contributed by atoms with Crippen molar-refractivity contribution in [3.05, 3.63) is 41.0 Å². The van der Waals surface area contributed by atoms with Crippen LogP contribution in [-0.2, 0) is 10.0 Å². The van der Waals surface area contributed by atoms with Crippen LogP contribution in [0.2, 0.25) is 0 Å². The molecular weight excluding hydrogens is 319 g/mol. The van der Waals surface area contributed by atoms with Gasteiger partial charge in [-0.2, -0.15) is 0 Å². The first-order valence-electron chi connectivity index (χ1n) is 5.57. The fourth-order valence-electron chi connectivity index (χ4n) is 1.55. The van der Waals surface area contributed by atoms with E-state index in [2.05, 4.69) is 5.32 Å². The van der Waals surface area contributed by atoms with Crippen LogP contribution in [0.3, 0.4) is 0 Å². The first-order valence-corrected chi connectivity index (χ1v) is 8.00. The van der Waals surface area contributed by atoms with Gasteiger partial charge in [-0.1, -0.05) is 0 Å². The zero-order valence-electron chi connectivity index (χ0n) is 10.8. The van der Waals surface area contributed by atoms with E-state index in [4.69, 9.17) is 9.88 Å². The molecule has 0 saturated heterocycles. The minimum Gasteiger partial charge on any atom is -0.494 e. The standard InChI is InChI=1S/C12H11FN2O4S2/c1-19-10-5-8(13)2-3-9(10)15-12(16)7-4-11(20-6-7)21(14,17)18/h2-6H,1H3,(H,15,16)(H2,14,17,18). The third-order valence-corrected chi connectivity index (χ3v) is 4.92. The zero-order valence-corrected chi connectivity index (χ0v) is 12.4. The van der Waals surface area contributed by atoms with Gasteiger partial charge in [0, 0.05) is 11.4 Å². The average Bonchev–Trinajstić information content (AvgIpc) is 2.90. The van der Waals surface area contributed by atoms with Crippen LogP contribution in [-0.4, -0.2) is 21.4 Å². The second-order valence-corrected chi connectivity index (χ2v) is 6.70. The highest BCUT2D eigenvalue weighted by atomic mass is 32.2. The van der Waals surface area contributed by atoms with E-state index in [0.29, 0.717) is 0 Å². The number of sulfonamides is 1. The zero-order chi connectivity index (χ0) is 15.6. The lowest BCUT2D eigenvalue weighted by Crippen LogP contribution is -2.13. The molecule has 0 unspecified atom stereocenters. The Labute approximate surface area is 124 Å². The van der Waals surface area contributed by atoms with Crippen molar-refractivity contribution in [2.75, 3.05) is 12.4 Å². The number of nitrogens with two attached hydrogens (primary N) is 1. The summed E-state index contributed by atoms with van der Waals surface area (Å²) >= 11 is 0.843. The third-order valence-electron chi connectivity index (χ3n) is 2.53. The van der Waals surface area contributed by atoms with Crippen molar-refractivity contribution in [1.82, 2.24) is 0 Å². The summed E-state index contributed by atoms with van der Waals surface area (Å²) in [5.74, 6) is -0.895. The summed E-state index contributed by atoms with van der Waals surface area (Å²) in [5.41, 5.74) is 0.405. The molecule has 0 radical (unpaired) electrons. The average molecular weight is 330 g/mol. The lowest BCUT2D eigenvalue weighted by atomic mass is 10.2. The summed E-state index contributed by atoms with van der Waals surface area (Å²) in [6, 6.07) is 4.81. The predicted molar refractivity (Wildman–Crippen MR) is 76.6 cm³/mol. The molecule has 6 nitrogen and oxygen atoms in total. The largest absolute Gasteiger partial charge is 0.494 e. The van der Waals surface area contributed by atoms with Gasteiger partial charge in [0.1, 0.15) is 15.8 Å². The van der Waals surface area contributed by atoms with Gasteiger partial charge in [0.05, 0.1) is 18.4 Å². The van der Waals surface area contributed by atoms with Gasteiger partial charge in [-0.05, 0) is 18.2 Å². The second-order valence-electron chi connectivity index (χ2n) is 4.00. The highest BCUT2D eigenvalue weighted by Crippen LogP contribution is 2.26. The summed E-state index contributed by atoms with van der Waals surface area (Å²) in [5, 5.41) is 8.85. The number of hydrogen-bond acceptors (Lipinski definition) is 5. The molecule has 0 bridgehead atoms. The number of halogens is 1. The van der Waals surface area contributed by atoms with Crippen molar-refractivity contribution in [2.24, 2.45) is 5.14 Å². The molecule has 2 rings (SSSR count). The minimum atomic E-state index is -3.84. The van der Waals surface area contributed by atoms with E-state index < -0.39 is 21.7 Å². The van der Waals surface area contributed by atoms with Crippen molar-refractivity contribution in [3.8, 4) is 5.75 Å². The molecule has 0 atom stereocenters. The molecule has 2 aromatic rings. The van der Waals surface area contributed by atoms with Gasteiger partial charge in [0.2, 0.25) is 10.0 Å². The molecular formula is C12H11FN2O4S2. The Bertz CT molecular complexity index is 786. The fraction of sp³-hybridized carbons (Fsp3) is 0.0833. The number of primary sulfonamides is 1. The quantitative estimate of drug-likeness (QED) is 0.893. The molecule has 112 valence electrons. The molecule has 0 fully saturated rings. The number of rotatable bonds is 4. The molecule has 0 spiro atoms. The lowest BCUT2D eigenvalue weighted by molar-refractivity contribution is 0.102. The second kappa shape index (κ2) is 5.80. The Morgan fingerprint density at radius 3 is 2.67 bits per heavy atom. The van der Waals surface area contributed by atoms with Crippen LogP contribution in [0.4, 0.5) is 10.1 Å². The number of thiophene rings is 1. The molecule has 1 amide bonds. The summed E-state index contributed by atoms with van der Waals surface area (Å²) < 4.78 is 40.2. The number of hydrogen-bond donors (Lipinski definition) is 2. The lowest BCUT2D eigenvalue weighted by Gasteiger charge is -2.09. The van der Waals surface area contributed by atoms with Crippen LogP contribution in [0.25, 0.3) is 0 Å². The van der Waals surface area contributed by atoms with E-state index in [1.807, 2.05) is 0 Å². The van der Waals surface area contributed by atoms with E-state index in [9.17, 15) is 17.6 Å². The Morgan fingerprint density at radius 1 is 1.38 bits per heavy atom. The first-order chi connectivity index (χ1) is 9.81. The van der Waals surface area contributed by atoms with Crippen molar-refractivity contribution >= 4 is 33.0 Å². The molecule has 1 heterocycles. The molecule has 0 aliphatic rings. The van der Waals surface area contributed by atoms with Gasteiger partial charge in [-0.15, -0.1) is 11.3 Å². The highest BCUT2D eigenvalue weighted by molar-refractivity contribution is 7.91. The number of nitrogens with one attached hydrogen (secondary N) is 1. The molecule has 0 aliphatic carbocycles. The van der Waals surface area contributed by atoms with E-state index in [-0.39, 0.29) is 21.2 Å². The van der Waals surface area contributed by atoms with Crippen molar-refractivity contribution in [1.29, 1.82) is 0 Å². The normalized spacial score (nSPS) is 11.2. The minimum absolute atomic E-state index is 0.112. The monoisotopic (exact) mass is 330 g/mol. The molecule has 3 N–H and O–H groups in total. The molecule has 21 heavy (non-hydrogen) atoms. The van der Waals surface area contributed by atoms with E-state index >= 15 is 0 Å². The van der Waals surface area contributed by atoms with E-state index in [1.54, 1.807) is 0 Å². The van der Waals surface area contributed by atoms with Gasteiger partial charge in [0.25, 0.3) is 5.91 Å². The third kappa shape index (κ3) is 3.57. The molecule has 1 aromatic heterocycles. The first kappa shape index (κ1) is 15.4. The Balaban J connectivity index is 2.24. The summed E-state index contributed by atoms with van der Waals surface area (Å²) in [6.45, 7) is 0. The van der Waals surface area contributed by atoms with Crippen LogP contribution in [0, 0.1) is 5.82 Å². The van der Waals surface area contributed by atoms with Crippen LogP contribution in [0.5, 0.6) is 5.75 Å². The maximum Gasteiger partial charge on any atom is 0.256 e. The molecule has 9 heteroatoms. The Kier molecular flexibility index (Phi) is 4.26. The SMILES string of the molecule is COc1cc(F)ccc1NC(=O)c1csc(S(N)(=O)=O)c1. The molecule has 0 saturated carbocycles. The Hall–Kier alpha value is -1.97. The van der Waals surface area contributed by atoms with Gasteiger partial charge < -0.3 is 10.1 Å². The number of carbonyl (C=O) groups is 1. The van der Waals surface area contributed by atoms with Crippen LogP contribution in [0.1, 0.15) is 10.4 Å². The summed E-state index contributed by atoms with van der Waals surface area (Å²) in [6.07, 6.45) is 0. The maximum absolute atomic E-state index is 13.1. The fourth-order valence-corrected chi connectivity index (χ4v) is 3.13. The molecule has 1 aromatic carbocycles.